The van der Waals surface area contributed by atoms with Gasteiger partial charge in [-0.2, -0.15) is 13.2 Å². The van der Waals surface area contributed by atoms with E-state index < -0.39 is 22.4 Å². The second kappa shape index (κ2) is 7.72. The van der Waals surface area contributed by atoms with Crippen LogP contribution < -0.4 is 4.74 Å². The van der Waals surface area contributed by atoms with E-state index in [0.717, 1.165) is 6.26 Å². The Morgan fingerprint density at radius 1 is 1.14 bits per heavy atom. The van der Waals surface area contributed by atoms with Crippen molar-refractivity contribution in [1.29, 1.82) is 0 Å². The van der Waals surface area contributed by atoms with Gasteiger partial charge in [0.15, 0.2) is 9.84 Å². The van der Waals surface area contributed by atoms with Gasteiger partial charge in [0.1, 0.15) is 11.6 Å². The molecule has 0 bridgehead atoms. The molecule has 0 unspecified atom stereocenters. The Hall–Kier alpha value is -2.52. The summed E-state index contributed by atoms with van der Waals surface area (Å²) in [6.45, 7) is 0. The summed E-state index contributed by atoms with van der Waals surface area (Å²) < 4.78 is 68.6. The van der Waals surface area contributed by atoms with E-state index >= 15 is 0 Å². The first kappa shape index (κ1) is 21.2. The van der Waals surface area contributed by atoms with Crippen molar-refractivity contribution in [3.8, 4) is 22.8 Å². The first-order valence-corrected chi connectivity index (χ1v) is 10.5. The zero-order valence-corrected chi connectivity index (χ0v) is 16.9. The Kier molecular flexibility index (Phi) is 5.64. The van der Waals surface area contributed by atoms with Crippen molar-refractivity contribution >= 4 is 21.4 Å². The summed E-state index contributed by atoms with van der Waals surface area (Å²) in [6, 6.07) is 10.5. The van der Waals surface area contributed by atoms with Crippen LogP contribution in [0.25, 0.3) is 17.1 Å². The average molecular weight is 445 g/mol. The van der Waals surface area contributed by atoms with Crippen molar-refractivity contribution in [2.24, 2.45) is 0 Å². The van der Waals surface area contributed by atoms with Crippen molar-refractivity contribution in [1.82, 2.24) is 9.55 Å². The monoisotopic (exact) mass is 444 g/mol. The van der Waals surface area contributed by atoms with Crippen molar-refractivity contribution in [2.45, 2.75) is 17.5 Å². The summed E-state index contributed by atoms with van der Waals surface area (Å²) in [7, 11) is -1.97. The van der Waals surface area contributed by atoms with Gasteiger partial charge in [0, 0.05) is 23.7 Å². The molecule has 0 aliphatic heterocycles. The minimum absolute atomic E-state index is 0.103. The third kappa shape index (κ3) is 4.91. The summed E-state index contributed by atoms with van der Waals surface area (Å²) in [5.41, 5.74) is 0.780. The van der Waals surface area contributed by atoms with Gasteiger partial charge in [0.25, 0.3) is 0 Å². The van der Waals surface area contributed by atoms with Crippen LogP contribution in [-0.4, -0.2) is 37.5 Å². The molecule has 5 nitrogen and oxygen atoms in total. The smallest absolute Gasteiger partial charge is 0.394 e. The van der Waals surface area contributed by atoms with Gasteiger partial charge in [0.2, 0.25) is 0 Å². The fourth-order valence-corrected chi connectivity index (χ4v) is 3.60. The highest BCUT2D eigenvalue weighted by atomic mass is 35.5. The normalized spacial score (nSPS) is 12.2. The van der Waals surface area contributed by atoms with Crippen molar-refractivity contribution in [3.63, 3.8) is 0 Å². The number of methoxy groups -OCH3 is 1. The summed E-state index contributed by atoms with van der Waals surface area (Å²) in [6.07, 6.45) is -3.27. The molecule has 0 amide bonds. The maximum atomic E-state index is 12.9. The summed E-state index contributed by atoms with van der Waals surface area (Å²) in [4.78, 5) is 4.25. The van der Waals surface area contributed by atoms with Crippen LogP contribution in [0.1, 0.15) is 5.69 Å². The van der Waals surface area contributed by atoms with Crippen LogP contribution in [0.2, 0.25) is 5.02 Å². The molecule has 0 aliphatic carbocycles. The second-order valence-electron chi connectivity index (χ2n) is 6.33. The molecule has 29 heavy (non-hydrogen) atoms. The molecule has 0 saturated heterocycles. The zero-order valence-electron chi connectivity index (χ0n) is 15.4. The molecule has 10 heteroatoms. The van der Waals surface area contributed by atoms with Crippen LogP contribution in [0.15, 0.2) is 53.6 Å². The standard InChI is InChI=1S/C19H16ClF3N2O3S/c1-28-17-9-12(3-8-16(17)20)18-24-13(10-19(21,22)23)11-25(18)14-4-6-15(7-5-14)29(2,26)27/h3-9,11H,10H2,1-2H3. The molecule has 3 aromatic rings. The van der Waals surface area contributed by atoms with E-state index in [1.54, 1.807) is 18.2 Å². The fourth-order valence-electron chi connectivity index (χ4n) is 2.77. The Labute approximate surface area is 170 Å². The molecule has 0 radical (unpaired) electrons. The van der Waals surface area contributed by atoms with Gasteiger partial charge in [-0.25, -0.2) is 13.4 Å². The van der Waals surface area contributed by atoms with Crippen molar-refractivity contribution < 1.29 is 26.3 Å². The first-order chi connectivity index (χ1) is 13.5. The Morgan fingerprint density at radius 3 is 2.34 bits per heavy atom. The Balaban J connectivity index is 2.14. The van der Waals surface area contributed by atoms with Crippen molar-refractivity contribution in [2.75, 3.05) is 13.4 Å². The molecule has 0 aliphatic rings. The first-order valence-electron chi connectivity index (χ1n) is 8.27. The van der Waals surface area contributed by atoms with E-state index in [4.69, 9.17) is 16.3 Å². The number of hydrogen-bond donors (Lipinski definition) is 0. The van der Waals surface area contributed by atoms with Gasteiger partial charge in [-0.1, -0.05) is 11.6 Å². The highest BCUT2D eigenvalue weighted by molar-refractivity contribution is 7.90. The molecule has 154 valence electrons. The lowest BCUT2D eigenvalue weighted by Gasteiger charge is -2.10. The van der Waals surface area contributed by atoms with Crippen molar-refractivity contribution in [3.05, 3.63) is 59.4 Å². The Bertz CT molecular complexity index is 1140. The topological polar surface area (TPSA) is 61.2 Å². The highest BCUT2D eigenvalue weighted by Crippen LogP contribution is 2.32. The van der Waals surface area contributed by atoms with E-state index in [1.165, 1.54) is 42.1 Å². The van der Waals surface area contributed by atoms with Gasteiger partial charge >= 0.3 is 6.18 Å². The van der Waals surface area contributed by atoms with Crippen LogP contribution >= 0.6 is 11.6 Å². The number of halogens is 4. The second-order valence-corrected chi connectivity index (χ2v) is 8.76. The third-order valence-corrected chi connectivity index (χ3v) is 5.53. The molecule has 1 heterocycles. The number of aromatic nitrogens is 2. The van der Waals surface area contributed by atoms with Crippen LogP contribution in [-0.2, 0) is 16.3 Å². The lowest BCUT2D eigenvalue weighted by atomic mass is 10.2. The van der Waals surface area contributed by atoms with Gasteiger partial charge in [-0.05, 0) is 42.5 Å². The predicted octanol–water partition coefficient (Wildman–Crippen LogP) is 4.71. The average Bonchev–Trinajstić information content (AvgIpc) is 3.03. The molecule has 0 atom stereocenters. The molecule has 1 aromatic heterocycles. The third-order valence-electron chi connectivity index (χ3n) is 4.09. The summed E-state index contributed by atoms with van der Waals surface area (Å²) in [5, 5.41) is 0.349. The van der Waals surface area contributed by atoms with E-state index in [2.05, 4.69) is 4.98 Å². The lowest BCUT2D eigenvalue weighted by Crippen LogP contribution is -2.11. The number of imidazole rings is 1. The molecular formula is C19H16ClF3N2O3S. The van der Waals surface area contributed by atoms with E-state index in [-0.39, 0.29) is 16.4 Å². The molecular weight excluding hydrogens is 429 g/mol. The highest BCUT2D eigenvalue weighted by Gasteiger charge is 2.30. The maximum Gasteiger partial charge on any atom is 0.394 e. The van der Waals surface area contributed by atoms with E-state index in [0.29, 0.717) is 22.0 Å². The maximum absolute atomic E-state index is 12.9. The number of nitrogens with zero attached hydrogens (tertiary/aromatic N) is 2. The fraction of sp³-hybridized carbons (Fsp3) is 0.211. The number of benzene rings is 2. The minimum Gasteiger partial charge on any atom is -0.495 e. The lowest BCUT2D eigenvalue weighted by molar-refractivity contribution is -0.127. The predicted molar refractivity (Wildman–Crippen MR) is 103 cm³/mol. The van der Waals surface area contributed by atoms with E-state index in [1.807, 2.05) is 0 Å². The molecule has 2 aromatic carbocycles. The van der Waals surface area contributed by atoms with Crippen LogP contribution in [0.4, 0.5) is 13.2 Å². The largest absolute Gasteiger partial charge is 0.495 e. The summed E-state index contributed by atoms with van der Waals surface area (Å²) in [5.74, 6) is 0.592. The minimum atomic E-state index is -4.42. The van der Waals surface area contributed by atoms with Crippen LogP contribution in [0, 0.1) is 0 Å². The van der Waals surface area contributed by atoms with E-state index in [9.17, 15) is 21.6 Å². The van der Waals surface area contributed by atoms with Gasteiger partial charge in [0.05, 0.1) is 29.1 Å². The van der Waals surface area contributed by atoms with Crippen LogP contribution in [0.5, 0.6) is 5.75 Å². The SMILES string of the molecule is COc1cc(-c2nc(CC(F)(F)F)cn2-c2ccc(S(C)(=O)=O)cc2)ccc1Cl. The molecule has 0 N–H and O–H groups in total. The van der Waals surface area contributed by atoms with Gasteiger partial charge < -0.3 is 4.74 Å². The summed E-state index contributed by atoms with van der Waals surface area (Å²) >= 11 is 6.04. The van der Waals surface area contributed by atoms with Gasteiger partial charge in [-0.3, -0.25) is 4.57 Å². The van der Waals surface area contributed by atoms with Gasteiger partial charge in [-0.15, -0.1) is 0 Å². The number of hydrogen-bond acceptors (Lipinski definition) is 4. The quantitative estimate of drug-likeness (QED) is 0.572. The molecule has 0 spiro atoms. The molecule has 0 fully saturated rings. The number of rotatable bonds is 5. The number of sulfone groups is 1. The number of ether oxygens (including phenoxy) is 1. The Morgan fingerprint density at radius 2 is 1.79 bits per heavy atom. The van der Waals surface area contributed by atoms with Crippen LogP contribution in [0.3, 0.4) is 0 Å². The number of alkyl halides is 3. The zero-order chi connectivity index (χ0) is 21.4. The molecule has 0 saturated carbocycles. The molecule has 3 rings (SSSR count).